The molecule has 1 heterocycles. The maximum atomic E-state index is 11.8. The van der Waals surface area contributed by atoms with E-state index in [0.29, 0.717) is 10.6 Å². The van der Waals surface area contributed by atoms with Crippen molar-refractivity contribution in [3.8, 4) is 0 Å². The number of hydroxylamine groups is 3. The largest absolute Gasteiger partial charge is 0.315 e. The number of hydrogen-bond acceptors (Lipinski definition) is 4. The average molecular weight is 222 g/mol. The molecular weight excluding hydrogens is 208 g/mol. The van der Waals surface area contributed by atoms with Crippen molar-refractivity contribution in [3.63, 3.8) is 0 Å². The molecule has 1 atom stereocenters. The highest BCUT2D eigenvalue weighted by Gasteiger charge is 2.44. The van der Waals surface area contributed by atoms with Gasteiger partial charge in [-0.1, -0.05) is 32.0 Å². The molecule has 1 aliphatic rings. The van der Waals surface area contributed by atoms with Crippen LogP contribution in [0.1, 0.15) is 29.8 Å². The number of fused-ring (bicyclic) bond motifs is 1. The predicted octanol–water partition coefficient (Wildman–Crippen LogP) is 1.11. The van der Waals surface area contributed by atoms with Gasteiger partial charge in [-0.2, -0.15) is 10.5 Å². The Bertz CT molecular complexity index is 431. The van der Waals surface area contributed by atoms with E-state index in [-0.39, 0.29) is 0 Å². The van der Waals surface area contributed by atoms with Crippen LogP contribution in [0.5, 0.6) is 0 Å². The Kier molecular flexibility index (Phi) is 2.46. The Morgan fingerprint density at radius 2 is 2.00 bits per heavy atom. The normalized spacial score (nSPS) is 23.1. The van der Waals surface area contributed by atoms with Crippen LogP contribution >= 0.6 is 0 Å². The molecule has 1 aromatic carbocycles. The third-order valence-corrected chi connectivity index (χ3v) is 3.11. The third-order valence-electron chi connectivity index (χ3n) is 3.11. The number of hydrogen-bond donors (Lipinski definition) is 3. The van der Waals surface area contributed by atoms with Crippen LogP contribution in [-0.2, 0) is 5.41 Å². The summed E-state index contributed by atoms with van der Waals surface area (Å²) in [5, 5.41) is 19.2. The van der Waals surface area contributed by atoms with Crippen molar-refractivity contribution in [1.82, 2.24) is 10.5 Å². The first kappa shape index (κ1) is 11.1. The number of benzene rings is 1. The van der Waals surface area contributed by atoms with Gasteiger partial charge in [-0.3, -0.25) is 10.0 Å². The fraction of sp³-hybridized carbons (Fsp3) is 0.364. The monoisotopic (exact) mass is 222 g/mol. The highest BCUT2D eigenvalue weighted by molar-refractivity contribution is 5.96. The molecule has 5 heteroatoms. The van der Waals surface area contributed by atoms with E-state index in [1.807, 2.05) is 31.5 Å². The van der Waals surface area contributed by atoms with Gasteiger partial charge in [0.25, 0.3) is 5.91 Å². The maximum Gasteiger partial charge on any atom is 0.279 e. The summed E-state index contributed by atoms with van der Waals surface area (Å²) in [6.07, 6.45) is -0.852. The summed E-state index contributed by atoms with van der Waals surface area (Å²) in [5.74, 6) is -0.513. The minimum absolute atomic E-state index is 0.460. The van der Waals surface area contributed by atoms with Gasteiger partial charge in [0.1, 0.15) is 6.17 Å². The fourth-order valence-corrected chi connectivity index (χ4v) is 2.14. The topological polar surface area (TPSA) is 72.8 Å². The van der Waals surface area contributed by atoms with Crippen LogP contribution in [-0.4, -0.2) is 27.6 Å². The molecule has 86 valence electrons. The second-order valence-corrected chi connectivity index (χ2v) is 4.45. The highest BCUT2D eigenvalue weighted by Crippen LogP contribution is 2.35. The van der Waals surface area contributed by atoms with E-state index in [2.05, 4.69) is 0 Å². The lowest BCUT2D eigenvalue weighted by Gasteiger charge is -2.42. The van der Waals surface area contributed by atoms with E-state index >= 15 is 0 Å². The zero-order valence-electron chi connectivity index (χ0n) is 9.14. The van der Waals surface area contributed by atoms with E-state index < -0.39 is 17.5 Å². The van der Waals surface area contributed by atoms with Gasteiger partial charge in [0.2, 0.25) is 0 Å². The van der Waals surface area contributed by atoms with Gasteiger partial charge in [0.05, 0.1) is 0 Å². The Morgan fingerprint density at radius 1 is 1.38 bits per heavy atom. The fourth-order valence-electron chi connectivity index (χ4n) is 2.14. The summed E-state index contributed by atoms with van der Waals surface area (Å²) in [6.45, 7) is 3.69. The molecule has 5 nitrogen and oxygen atoms in total. The van der Waals surface area contributed by atoms with Gasteiger partial charge in [-0.25, -0.2) is 0 Å². The molecule has 0 aromatic heterocycles. The molecule has 16 heavy (non-hydrogen) atoms. The van der Waals surface area contributed by atoms with E-state index in [9.17, 15) is 10.0 Å². The molecule has 0 saturated carbocycles. The predicted molar refractivity (Wildman–Crippen MR) is 56.1 cm³/mol. The summed E-state index contributed by atoms with van der Waals surface area (Å²) >= 11 is 0. The van der Waals surface area contributed by atoms with Gasteiger partial charge < -0.3 is 5.21 Å². The van der Waals surface area contributed by atoms with Gasteiger partial charge in [-0.15, -0.1) is 0 Å². The zero-order valence-corrected chi connectivity index (χ0v) is 9.14. The second-order valence-electron chi connectivity index (χ2n) is 4.45. The Morgan fingerprint density at radius 3 is 2.62 bits per heavy atom. The van der Waals surface area contributed by atoms with E-state index in [4.69, 9.17) is 5.21 Å². The highest BCUT2D eigenvalue weighted by atomic mass is 16.5. The second kappa shape index (κ2) is 3.55. The van der Waals surface area contributed by atoms with Crippen LogP contribution < -0.4 is 5.48 Å². The quantitative estimate of drug-likeness (QED) is 0.491. The lowest BCUT2D eigenvalue weighted by Crippen LogP contribution is -2.59. The molecule has 1 amide bonds. The molecule has 1 aromatic rings. The third kappa shape index (κ3) is 1.33. The molecule has 0 bridgehead atoms. The van der Waals surface area contributed by atoms with Gasteiger partial charge in [0, 0.05) is 11.0 Å². The minimum atomic E-state index is -0.852. The number of amides is 1. The lowest BCUT2D eigenvalue weighted by atomic mass is 9.76. The number of carbonyl (C=O) groups excluding carboxylic acids is 1. The average Bonchev–Trinajstić information content (AvgIpc) is 2.27. The van der Waals surface area contributed by atoms with Crippen molar-refractivity contribution < 1.29 is 15.2 Å². The van der Waals surface area contributed by atoms with Crippen LogP contribution in [0.15, 0.2) is 24.3 Å². The first-order valence-electron chi connectivity index (χ1n) is 5.01. The van der Waals surface area contributed by atoms with Crippen LogP contribution in [0.3, 0.4) is 0 Å². The van der Waals surface area contributed by atoms with Crippen LogP contribution in [0.2, 0.25) is 0 Å². The Balaban J connectivity index is 2.63. The first-order valence-corrected chi connectivity index (χ1v) is 5.01. The molecule has 0 saturated heterocycles. The van der Waals surface area contributed by atoms with Crippen molar-refractivity contribution in [2.75, 3.05) is 0 Å². The summed E-state index contributed by atoms with van der Waals surface area (Å²) < 4.78 is 0. The molecule has 1 aliphatic heterocycles. The summed E-state index contributed by atoms with van der Waals surface area (Å²) in [5.41, 5.74) is 2.66. The molecule has 2 rings (SSSR count). The minimum Gasteiger partial charge on any atom is -0.315 e. The molecule has 0 unspecified atom stereocenters. The van der Waals surface area contributed by atoms with Crippen molar-refractivity contribution in [1.29, 1.82) is 0 Å². The molecule has 3 N–H and O–H groups in total. The Labute approximate surface area is 93.2 Å². The number of carbonyl (C=O) groups is 1. The van der Waals surface area contributed by atoms with Crippen molar-refractivity contribution in [2.24, 2.45) is 0 Å². The van der Waals surface area contributed by atoms with E-state index in [1.165, 1.54) is 0 Å². The Hall–Kier alpha value is -1.43. The number of nitrogens with one attached hydrogen (secondary N) is 1. The van der Waals surface area contributed by atoms with Crippen LogP contribution in [0.4, 0.5) is 0 Å². The molecule has 0 aliphatic carbocycles. The van der Waals surface area contributed by atoms with Crippen LogP contribution in [0.25, 0.3) is 0 Å². The van der Waals surface area contributed by atoms with E-state index in [0.717, 1.165) is 5.56 Å². The maximum absolute atomic E-state index is 11.8. The summed E-state index contributed by atoms with van der Waals surface area (Å²) in [7, 11) is 0. The van der Waals surface area contributed by atoms with E-state index in [1.54, 1.807) is 12.1 Å². The molecular formula is C11H14N2O3. The van der Waals surface area contributed by atoms with Crippen molar-refractivity contribution in [3.05, 3.63) is 35.4 Å². The van der Waals surface area contributed by atoms with Gasteiger partial charge >= 0.3 is 0 Å². The SMILES string of the molecule is CC1(C)c2ccccc2C(=O)N(O)[C@@H]1NO. The molecule has 0 fully saturated rings. The smallest absolute Gasteiger partial charge is 0.279 e. The zero-order chi connectivity index (χ0) is 11.9. The summed E-state index contributed by atoms with van der Waals surface area (Å²) in [4.78, 5) is 11.8. The number of rotatable bonds is 1. The van der Waals surface area contributed by atoms with Crippen molar-refractivity contribution >= 4 is 5.91 Å². The van der Waals surface area contributed by atoms with Gasteiger partial charge in [-0.05, 0) is 11.6 Å². The standard InChI is InChI=1S/C11H14N2O3/c1-11(2)8-6-4-3-5-7(8)9(14)13(16)10(11)12-15/h3-6,10,12,15-16H,1-2H3/t10-/m0/s1. The molecule has 0 spiro atoms. The van der Waals surface area contributed by atoms with Crippen LogP contribution in [0, 0.1) is 0 Å². The lowest BCUT2D eigenvalue weighted by molar-refractivity contribution is -0.150. The van der Waals surface area contributed by atoms with Gasteiger partial charge in [0.15, 0.2) is 0 Å². The number of nitrogens with zero attached hydrogens (tertiary/aromatic N) is 1. The summed E-state index contributed by atoms with van der Waals surface area (Å²) in [6, 6.07) is 7.06. The van der Waals surface area contributed by atoms with Crippen molar-refractivity contribution in [2.45, 2.75) is 25.4 Å². The molecule has 0 radical (unpaired) electrons. The first-order chi connectivity index (χ1) is 7.50.